The molecule has 0 radical (unpaired) electrons. The molecule has 0 amide bonds. The molecule has 10 aromatic carbocycles. The Morgan fingerprint density at radius 2 is 0.803 bits per heavy atom. The molecule has 0 N–H and O–H groups in total. The van der Waals surface area contributed by atoms with Crippen LogP contribution in [0.1, 0.15) is 69.8 Å². The predicted octanol–water partition coefficient (Wildman–Crippen LogP) is 16.6. The lowest BCUT2D eigenvalue weighted by molar-refractivity contribution is 0.623. The average Bonchev–Trinajstić information content (AvgIpc) is 3.62. The first kappa shape index (κ1) is 37.4. The molecule has 5 aliphatic rings. The second-order valence-electron chi connectivity index (χ2n) is 19.1. The first-order valence-electron chi connectivity index (χ1n) is 23.4. The van der Waals surface area contributed by atoms with E-state index in [4.69, 9.17) is 0 Å². The highest BCUT2D eigenvalue weighted by Crippen LogP contribution is 2.69. The van der Waals surface area contributed by atoms with E-state index in [0.29, 0.717) is 0 Å². The van der Waals surface area contributed by atoms with Gasteiger partial charge in [-0.2, -0.15) is 0 Å². The van der Waals surface area contributed by atoms with Crippen LogP contribution >= 0.6 is 0 Å². The van der Waals surface area contributed by atoms with E-state index in [-0.39, 0.29) is 11.3 Å². The molecule has 0 atom stereocenters. The maximum absolute atomic E-state index is 2.61. The zero-order valence-corrected chi connectivity index (χ0v) is 37.0. The summed E-state index contributed by atoms with van der Waals surface area (Å²) in [6.07, 6.45) is 0. The van der Waals surface area contributed by atoms with Crippen molar-refractivity contribution >= 4 is 17.1 Å². The standard InChI is InChI=1S/C65H45N/c1-64(2)54-22-12-9-19-50(54)51-35-34-48(40-57(51)64)66-59-37-33-47(45-27-25-43(26-28-45)41-15-5-3-6-16-41)39-58(59)65-55-23-13-10-20-52(55)61(53-21-11-14-24-56(53)65)62-49(36-38-60(66)63(62)65)46-31-29-44(30-32-46)42-17-7-4-8-18-42/h3-40,61H,1-2H3. The lowest BCUT2D eigenvalue weighted by Gasteiger charge is -2.56. The minimum Gasteiger partial charge on any atom is -0.310 e. The van der Waals surface area contributed by atoms with Gasteiger partial charge in [0.05, 0.1) is 16.8 Å². The molecule has 1 heteroatoms. The summed E-state index contributed by atoms with van der Waals surface area (Å²) in [6.45, 7) is 4.78. The molecule has 66 heavy (non-hydrogen) atoms. The van der Waals surface area contributed by atoms with Gasteiger partial charge < -0.3 is 4.90 Å². The highest BCUT2D eigenvalue weighted by atomic mass is 15.2. The molecule has 1 spiro atoms. The highest BCUT2D eigenvalue weighted by molar-refractivity contribution is 5.98. The van der Waals surface area contributed by atoms with Crippen molar-refractivity contribution < 1.29 is 0 Å². The summed E-state index contributed by atoms with van der Waals surface area (Å²) in [7, 11) is 0. The van der Waals surface area contributed by atoms with Gasteiger partial charge in [0, 0.05) is 22.6 Å². The molecule has 0 fully saturated rings. The van der Waals surface area contributed by atoms with Crippen molar-refractivity contribution in [1.82, 2.24) is 0 Å². The van der Waals surface area contributed by atoms with Gasteiger partial charge in [-0.3, -0.25) is 0 Å². The van der Waals surface area contributed by atoms with Crippen LogP contribution in [0.2, 0.25) is 0 Å². The minimum atomic E-state index is -0.565. The van der Waals surface area contributed by atoms with Crippen molar-refractivity contribution in [2.75, 3.05) is 4.90 Å². The fourth-order valence-electron chi connectivity index (χ4n) is 12.6. The number of rotatable bonds is 5. The lowest BCUT2D eigenvalue weighted by atomic mass is 9.48. The Kier molecular flexibility index (Phi) is 7.79. The van der Waals surface area contributed by atoms with Gasteiger partial charge in [-0.05, 0) is 130 Å². The fourth-order valence-corrected chi connectivity index (χ4v) is 12.6. The van der Waals surface area contributed by atoms with Crippen molar-refractivity contribution in [3.63, 3.8) is 0 Å². The van der Waals surface area contributed by atoms with Crippen LogP contribution in [-0.2, 0) is 10.8 Å². The Balaban J connectivity index is 1.06. The van der Waals surface area contributed by atoms with Gasteiger partial charge in [0.1, 0.15) is 0 Å². The largest absolute Gasteiger partial charge is 0.310 e. The number of benzene rings is 10. The van der Waals surface area contributed by atoms with Gasteiger partial charge >= 0.3 is 0 Å². The Labute approximate surface area is 387 Å². The van der Waals surface area contributed by atoms with Crippen LogP contribution in [0.4, 0.5) is 17.1 Å². The summed E-state index contributed by atoms with van der Waals surface area (Å²) in [5.74, 6) is 0.0728. The third-order valence-electron chi connectivity index (χ3n) is 15.6. The van der Waals surface area contributed by atoms with E-state index in [1.165, 1.54) is 123 Å². The lowest BCUT2D eigenvalue weighted by Crippen LogP contribution is -2.47. The summed E-state index contributed by atoms with van der Waals surface area (Å²) in [4.78, 5) is 2.61. The van der Waals surface area contributed by atoms with Crippen molar-refractivity contribution in [2.24, 2.45) is 0 Å². The third-order valence-corrected chi connectivity index (χ3v) is 15.6. The van der Waals surface area contributed by atoms with Crippen LogP contribution in [0.15, 0.2) is 231 Å². The van der Waals surface area contributed by atoms with Crippen LogP contribution < -0.4 is 4.90 Å². The summed E-state index contributed by atoms with van der Waals surface area (Å²) >= 11 is 0. The predicted molar refractivity (Wildman–Crippen MR) is 273 cm³/mol. The number of nitrogens with zero attached hydrogens (tertiary/aromatic N) is 1. The van der Waals surface area contributed by atoms with Crippen molar-refractivity contribution in [3.8, 4) is 55.6 Å². The summed E-state index contributed by atoms with van der Waals surface area (Å²) in [6, 6.07) is 87.0. The van der Waals surface area contributed by atoms with Crippen molar-refractivity contribution in [1.29, 1.82) is 0 Å². The quantitative estimate of drug-likeness (QED) is 0.167. The number of fused-ring (bicyclic) bond motifs is 4. The second-order valence-corrected chi connectivity index (χ2v) is 19.1. The molecule has 0 unspecified atom stereocenters. The van der Waals surface area contributed by atoms with Gasteiger partial charge in [-0.25, -0.2) is 0 Å². The monoisotopic (exact) mass is 839 g/mol. The Bertz CT molecular complexity index is 3550. The van der Waals surface area contributed by atoms with Crippen LogP contribution in [0.5, 0.6) is 0 Å². The van der Waals surface area contributed by atoms with E-state index >= 15 is 0 Å². The molecule has 4 aliphatic carbocycles. The molecule has 310 valence electrons. The molecule has 0 saturated heterocycles. The Morgan fingerprint density at radius 3 is 1.44 bits per heavy atom. The molecule has 1 heterocycles. The van der Waals surface area contributed by atoms with E-state index in [1.54, 1.807) is 0 Å². The number of anilines is 3. The van der Waals surface area contributed by atoms with Crippen molar-refractivity contribution in [2.45, 2.75) is 30.6 Å². The van der Waals surface area contributed by atoms with Crippen LogP contribution in [0, 0.1) is 0 Å². The van der Waals surface area contributed by atoms with Gasteiger partial charge in [0.15, 0.2) is 0 Å². The summed E-state index contributed by atoms with van der Waals surface area (Å²) < 4.78 is 0. The minimum absolute atomic E-state index is 0.0728. The number of hydrogen-bond acceptors (Lipinski definition) is 1. The molecule has 15 rings (SSSR count). The Hall–Kier alpha value is -8.00. The smallest absolute Gasteiger partial charge is 0.0751 e. The molecule has 1 nitrogen and oxygen atoms in total. The van der Waals surface area contributed by atoms with Crippen LogP contribution in [0.25, 0.3) is 55.6 Å². The molecule has 2 bridgehead atoms. The Morgan fingerprint density at radius 1 is 0.333 bits per heavy atom. The normalized spacial score (nSPS) is 17.2. The van der Waals surface area contributed by atoms with Gasteiger partial charge in [-0.15, -0.1) is 0 Å². The maximum Gasteiger partial charge on any atom is 0.0751 e. The van der Waals surface area contributed by atoms with Gasteiger partial charge in [-0.1, -0.05) is 214 Å². The third kappa shape index (κ3) is 5.00. The average molecular weight is 840 g/mol. The van der Waals surface area contributed by atoms with E-state index in [9.17, 15) is 0 Å². The second kappa shape index (κ2) is 13.8. The summed E-state index contributed by atoms with van der Waals surface area (Å²) in [5.41, 5.74) is 28.0. The SMILES string of the molecule is CC1(C)c2ccccc2-c2ccc(N3c4ccc(-c5ccc(-c6ccccc6)cc5)cc4C45c6ccccc6C(c6ccccc64)c4c(-c6ccc(-c7ccccc7)cc6)ccc3c45)cc21. The molecule has 0 saturated carbocycles. The molecule has 0 aromatic heterocycles. The zero-order valence-electron chi connectivity index (χ0n) is 37.0. The molecule has 1 aliphatic heterocycles. The van der Waals surface area contributed by atoms with Crippen LogP contribution in [-0.4, -0.2) is 0 Å². The first-order chi connectivity index (χ1) is 32.5. The van der Waals surface area contributed by atoms with E-state index in [2.05, 4.69) is 249 Å². The van der Waals surface area contributed by atoms with E-state index in [0.717, 1.165) is 0 Å². The topological polar surface area (TPSA) is 3.24 Å². The summed E-state index contributed by atoms with van der Waals surface area (Å²) in [5, 5.41) is 0. The fraction of sp³-hybridized carbons (Fsp3) is 0.0769. The zero-order chi connectivity index (χ0) is 43.7. The maximum atomic E-state index is 2.61. The first-order valence-corrected chi connectivity index (χ1v) is 23.4. The number of hydrogen-bond donors (Lipinski definition) is 0. The highest BCUT2D eigenvalue weighted by Gasteiger charge is 2.58. The van der Waals surface area contributed by atoms with Crippen LogP contribution in [0.3, 0.4) is 0 Å². The van der Waals surface area contributed by atoms with Gasteiger partial charge in [0.2, 0.25) is 0 Å². The molecular weight excluding hydrogens is 795 g/mol. The molecule has 10 aromatic rings. The van der Waals surface area contributed by atoms with E-state index < -0.39 is 5.41 Å². The molecular formula is C65H45N. The van der Waals surface area contributed by atoms with Gasteiger partial charge in [0.25, 0.3) is 0 Å². The van der Waals surface area contributed by atoms with E-state index in [1.807, 2.05) is 0 Å². The van der Waals surface area contributed by atoms with Crippen molar-refractivity contribution in [3.05, 3.63) is 281 Å².